The maximum absolute atomic E-state index is 9.44. The van der Waals surface area contributed by atoms with Crippen LogP contribution in [0.25, 0.3) is 0 Å². The molecule has 0 fully saturated rings. The Morgan fingerprint density at radius 3 is 3.07 bits per heavy atom. The first-order valence-electron chi connectivity index (χ1n) is 5.02. The lowest BCUT2D eigenvalue weighted by molar-refractivity contribution is 0.180. The molecule has 0 saturated carbocycles. The highest BCUT2D eigenvalue weighted by molar-refractivity contribution is 5.02. The molecule has 1 aromatic rings. The standard InChI is InChI=1S/C9H16N4O/c1-6(14)9-12-11-8-4-7(5-10)2-3-13(8)9/h6-7,14H,2-5,10H2,1H3/t6-,7?/m0/s1. The lowest BCUT2D eigenvalue weighted by Gasteiger charge is -2.22. The molecule has 3 N–H and O–H groups in total. The van der Waals surface area contributed by atoms with E-state index in [1.807, 2.05) is 4.57 Å². The van der Waals surface area contributed by atoms with Crippen LogP contribution in [0.2, 0.25) is 0 Å². The fourth-order valence-corrected chi connectivity index (χ4v) is 1.93. The summed E-state index contributed by atoms with van der Waals surface area (Å²) in [5, 5.41) is 17.5. The van der Waals surface area contributed by atoms with Gasteiger partial charge in [-0.15, -0.1) is 10.2 Å². The monoisotopic (exact) mass is 196 g/mol. The molecule has 1 aliphatic heterocycles. The Hall–Kier alpha value is -0.940. The van der Waals surface area contributed by atoms with Gasteiger partial charge >= 0.3 is 0 Å². The zero-order chi connectivity index (χ0) is 10.1. The van der Waals surface area contributed by atoms with Crippen LogP contribution in [0.5, 0.6) is 0 Å². The van der Waals surface area contributed by atoms with Gasteiger partial charge in [0, 0.05) is 13.0 Å². The van der Waals surface area contributed by atoms with E-state index in [0.29, 0.717) is 18.3 Å². The van der Waals surface area contributed by atoms with E-state index in [2.05, 4.69) is 10.2 Å². The summed E-state index contributed by atoms with van der Waals surface area (Å²) in [4.78, 5) is 0. The summed E-state index contributed by atoms with van der Waals surface area (Å²) in [7, 11) is 0. The van der Waals surface area contributed by atoms with Crippen molar-refractivity contribution in [2.24, 2.45) is 11.7 Å². The number of aliphatic hydroxyl groups excluding tert-OH is 1. The zero-order valence-corrected chi connectivity index (χ0v) is 8.35. The van der Waals surface area contributed by atoms with E-state index in [-0.39, 0.29) is 0 Å². The van der Waals surface area contributed by atoms with Crippen LogP contribution in [-0.4, -0.2) is 26.4 Å². The fraction of sp³-hybridized carbons (Fsp3) is 0.778. The Labute approximate surface area is 82.9 Å². The smallest absolute Gasteiger partial charge is 0.161 e. The molecule has 2 atom stereocenters. The minimum Gasteiger partial charge on any atom is -0.385 e. The van der Waals surface area contributed by atoms with Crippen LogP contribution in [0.4, 0.5) is 0 Å². The quantitative estimate of drug-likeness (QED) is 0.689. The number of fused-ring (bicyclic) bond motifs is 1. The Balaban J connectivity index is 2.25. The molecular formula is C9H16N4O. The number of aromatic nitrogens is 3. The number of nitrogens with zero attached hydrogens (tertiary/aromatic N) is 3. The molecule has 0 spiro atoms. The summed E-state index contributed by atoms with van der Waals surface area (Å²) in [5.74, 6) is 2.16. The number of hydrogen-bond acceptors (Lipinski definition) is 4. The number of hydrogen-bond donors (Lipinski definition) is 2. The van der Waals surface area contributed by atoms with Gasteiger partial charge in [0.15, 0.2) is 5.82 Å². The molecule has 2 heterocycles. The van der Waals surface area contributed by atoms with E-state index in [9.17, 15) is 5.11 Å². The summed E-state index contributed by atoms with van der Waals surface area (Å²) in [6.45, 7) is 3.30. The first-order chi connectivity index (χ1) is 6.72. The maximum atomic E-state index is 9.44. The lowest BCUT2D eigenvalue weighted by atomic mass is 9.98. The SMILES string of the molecule is C[C@H](O)c1nnc2n1CCC(CN)C2. The second kappa shape index (κ2) is 3.67. The molecule has 1 aromatic heterocycles. The molecule has 0 bridgehead atoms. The Morgan fingerprint density at radius 1 is 1.64 bits per heavy atom. The minimum absolute atomic E-state index is 0.522. The highest BCUT2D eigenvalue weighted by atomic mass is 16.3. The third-order valence-corrected chi connectivity index (χ3v) is 2.80. The van der Waals surface area contributed by atoms with E-state index in [0.717, 1.165) is 25.2 Å². The topological polar surface area (TPSA) is 77.0 Å². The van der Waals surface area contributed by atoms with E-state index in [1.54, 1.807) is 6.92 Å². The molecule has 0 aliphatic carbocycles. The highest BCUT2D eigenvalue weighted by Crippen LogP contribution is 2.21. The molecule has 0 amide bonds. The molecular weight excluding hydrogens is 180 g/mol. The molecule has 5 nitrogen and oxygen atoms in total. The van der Waals surface area contributed by atoms with Crippen LogP contribution in [0.3, 0.4) is 0 Å². The summed E-state index contributed by atoms with van der Waals surface area (Å²) in [5.41, 5.74) is 5.62. The van der Waals surface area contributed by atoms with Gasteiger partial charge in [0.2, 0.25) is 0 Å². The molecule has 1 unspecified atom stereocenters. The van der Waals surface area contributed by atoms with Gasteiger partial charge in [-0.2, -0.15) is 0 Å². The van der Waals surface area contributed by atoms with Gasteiger partial charge in [-0.25, -0.2) is 0 Å². The van der Waals surface area contributed by atoms with Crippen molar-refractivity contribution in [3.05, 3.63) is 11.6 Å². The largest absolute Gasteiger partial charge is 0.385 e. The van der Waals surface area contributed by atoms with Crippen LogP contribution < -0.4 is 5.73 Å². The van der Waals surface area contributed by atoms with Crippen molar-refractivity contribution in [2.45, 2.75) is 32.4 Å². The van der Waals surface area contributed by atoms with Gasteiger partial charge in [0.25, 0.3) is 0 Å². The van der Waals surface area contributed by atoms with Crippen molar-refractivity contribution in [1.29, 1.82) is 0 Å². The van der Waals surface area contributed by atoms with Gasteiger partial charge in [0.05, 0.1) is 0 Å². The fourth-order valence-electron chi connectivity index (χ4n) is 1.93. The van der Waals surface area contributed by atoms with Gasteiger partial charge < -0.3 is 15.4 Å². The van der Waals surface area contributed by atoms with Crippen LogP contribution in [0.1, 0.15) is 31.1 Å². The minimum atomic E-state index is -0.536. The Morgan fingerprint density at radius 2 is 2.43 bits per heavy atom. The van der Waals surface area contributed by atoms with Crippen LogP contribution in [0, 0.1) is 5.92 Å². The first-order valence-corrected chi connectivity index (χ1v) is 5.02. The molecule has 0 saturated heterocycles. The van der Waals surface area contributed by atoms with E-state index >= 15 is 0 Å². The van der Waals surface area contributed by atoms with Crippen molar-refractivity contribution in [3.63, 3.8) is 0 Å². The van der Waals surface area contributed by atoms with Crippen LogP contribution in [0.15, 0.2) is 0 Å². The Kier molecular flexibility index (Phi) is 2.52. The van der Waals surface area contributed by atoms with Crippen molar-refractivity contribution >= 4 is 0 Å². The van der Waals surface area contributed by atoms with Crippen molar-refractivity contribution in [3.8, 4) is 0 Å². The highest BCUT2D eigenvalue weighted by Gasteiger charge is 2.23. The van der Waals surface area contributed by atoms with Crippen LogP contribution in [-0.2, 0) is 13.0 Å². The van der Waals surface area contributed by atoms with Gasteiger partial charge in [-0.1, -0.05) is 0 Å². The van der Waals surface area contributed by atoms with E-state index in [1.165, 1.54) is 0 Å². The second-order valence-electron chi connectivity index (χ2n) is 3.90. The van der Waals surface area contributed by atoms with Crippen molar-refractivity contribution < 1.29 is 5.11 Å². The average molecular weight is 196 g/mol. The van der Waals surface area contributed by atoms with Gasteiger partial charge in [0.1, 0.15) is 11.9 Å². The molecule has 0 radical (unpaired) electrons. The lowest BCUT2D eigenvalue weighted by Crippen LogP contribution is -2.26. The van der Waals surface area contributed by atoms with E-state index in [4.69, 9.17) is 5.73 Å². The summed E-state index contributed by atoms with van der Waals surface area (Å²) < 4.78 is 2.01. The normalized spacial score (nSPS) is 23.2. The summed E-state index contributed by atoms with van der Waals surface area (Å²) in [6, 6.07) is 0. The molecule has 0 aromatic carbocycles. The summed E-state index contributed by atoms with van der Waals surface area (Å²) >= 11 is 0. The average Bonchev–Trinajstić information content (AvgIpc) is 2.59. The molecule has 5 heteroatoms. The van der Waals surface area contributed by atoms with Crippen molar-refractivity contribution in [1.82, 2.24) is 14.8 Å². The number of aliphatic hydroxyl groups is 1. The number of nitrogens with two attached hydrogens (primary N) is 1. The molecule has 14 heavy (non-hydrogen) atoms. The predicted octanol–water partition coefficient (Wildman–Crippen LogP) is -0.148. The van der Waals surface area contributed by atoms with Gasteiger partial charge in [-0.3, -0.25) is 0 Å². The van der Waals surface area contributed by atoms with Gasteiger partial charge in [-0.05, 0) is 25.8 Å². The van der Waals surface area contributed by atoms with E-state index < -0.39 is 6.10 Å². The molecule has 78 valence electrons. The zero-order valence-electron chi connectivity index (χ0n) is 8.35. The third-order valence-electron chi connectivity index (χ3n) is 2.80. The third kappa shape index (κ3) is 1.53. The predicted molar refractivity (Wildman–Crippen MR) is 51.5 cm³/mol. The van der Waals surface area contributed by atoms with Crippen molar-refractivity contribution in [2.75, 3.05) is 6.54 Å². The number of rotatable bonds is 2. The second-order valence-corrected chi connectivity index (χ2v) is 3.90. The Bertz CT molecular complexity index is 321. The molecule has 1 aliphatic rings. The first kappa shape index (κ1) is 9.61. The summed E-state index contributed by atoms with van der Waals surface area (Å²) in [6.07, 6.45) is 1.41. The van der Waals surface area contributed by atoms with Crippen LogP contribution >= 0.6 is 0 Å². The molecule has 2 rings (SSSR count). The maximum Gasteiger partial charge on any atom is 0.161 e.